The van der Waals surface area contributed by atoms with Crippen LogP contribution in [0.4, 0.5) is 10.8 Å². The van der Waals surface area contributed by atoms with Gasteiger partial charge in [-0.2, -0.15) is 10.4 Å². The number of carbonyl (C=O) groups excluding carboxylic acids is 1. The molecule has 1 amide bonds. The number of fused-ring (bicyclic) bond motifs is 1. The van der Waals surface area contributed by atoms with Crippen LogP contribution in [0.1, 0.15) is 32.8 Å². The molecule has 10 nitrogen and oxygen atoms in total. The monoisotopic (exact) mass is 487 g/mol. The predicted octanol–water partition coefficient (Wildman–Crippen LogP) is 3.32. The zero-order chi connectivity index (χ0) is 24.5. The molecular weight excluding hydrogens is 462 g/mol. The van der Waals surface area contributed by atoms with E-state index in [-0.39, 0.29) is 18.0 Å². The maximum Gasteiger partial charge on any atom is 0.217 e. The van der Waals surface area contributed by atoms with Gasteiger partial charge in [0, 0.05) is 44.0 Å². The molecule has 1 fully saturated rings. The van der Waals surface area contributed by atoms with E-state index in [2.05, 4.69) is 50.7 Å². The Bertz CT molecular complexity index is 1430. The van der Waals surface area contributed by atoms with Gasteiger partial charge in [0.15, 0.2) is 5.01 Å². The van der Waals surface area contributed by atoms with Crippen LogP contribution in [-0.4, -0.2) is 55.9 Å². The molecule has 4 aromatic heterocycles. The van der Waals surface area contributed by atoms with E-state index in [1.54, 1.807) is 23.7 Å². The molecule has 0 aliphatic carbocycles. The molecule has 0 saturated carbocycles. The molecule has 1 unspecified atom stereocenters. The van der Waals surface area contributed by atoms with Crippen molar-refractivity contribution in [2.75, 3.05) is 23.3 Å². The van der Waals surface area contributed by atoms with Gasteiger partial charge in [-0.15, -0.1) is 10.2 Å². The van der Waals surface area contributed by atoms with E-state index in [9.17, 15) is 4.79 Å². The van der Waals surface area contributed by atoms with Crippen LogP contribution >= 0.6 is 11.3 Å². The molecule has 0 spiro atoms. The molecule has 4 aromatic rings. The Kier molecular flexibility index (Phi) is 6.05. The fourth-order valence-electron chi connectivity index (χ4n) is 4.24. The summed E-state index contributed by atoms with van der Waals surface area (Å²) in [5, 5.41) is 30.6. The highest BCUT2D eigenvalue weighted by atomic mass is 32.1. The van der Waals surface area contributed by atoms with Crippen LogP contribution in [0.5, 0.6) is 0 Å². The minimum atomic E-state index is -0.0122. The number of nitrogens with one attached hydrogen (secondary N) is 2. The van der Waals surface area contributed by atoms with Crippen LogP contribution in [0.2, 0.25) is 0 Å². The number of anilines is 2. The topological polar surface area (TPSA) is 124 Å². The summed E-state index contributed by atoms with van der Waals surface area (Å²) < 4.78 is 1.78. The summed E-state index contributed by atoms with van der Waals surface area (Å²) >= 11 is 1.52. The van der Waals surface area contributed by atoms with Crippen molar-refractivity contribution in [3.8, 4) is 28.0 Å². The second-order valence-electron chi connectivity index (χ2n) is 8.85. The maximum absolute atomic E-state index is 11.4. The Morgan fingerprint density at radius 2 is 2.11 bits per heavy atom. The van der Waals surface area contributed by atoms with Crippen molar-refractivity contribution < 1.29 is 4.79 Å². The number of pyridine rings is 1. The second-order valence-corrected chi connectivity index (χ2v) is 9.80. The van der Waals surface area contributed by atoms with Gasteiger partial charge in [0.25, 0.3) is 0 Å². The summed E-state index contributed by atoms with van der Waals surface area (Å²) in [4.78, 5) is 18.3. The van der Waals surface area contributed by atoms with E-state index in [4.69, 9.17) is 10.2 Å². The number of carbonyl (C=O) groups is 1. The molecule has 1 atom stereocenters. The quantitative estimate of drug-likeness (QED) is 0.424. The van der Waals surface area contributed by atoms with Crippen molar-refractivity contribution in [3.63, 3.8) is 0 Å². The molecule has 178 valence electrons. The van der Waals surface area contributed by atoms with Gasteiger partial charge in [-0.3, -0.25) is 9.78 Å². The smallest absolute Gasteiger partial charge is 0.217 e. The third-order valence-electron chi connectivity index (χ3n) is 5.75. The van der Waals surface area contributed by atoms with Crippen molar-refractivity contribution in [1.82, 2.24) is 30.1 Å². The van der Waals surface area contributed by atoms with Crippen molar-refractivity contribution in [3.05, 3.63) is 42.2 Å². The molecule has 0 bridgehead atoms. The maximum atomic E-state index is 11.4. The molecule has 0 aromatic carbocycles. The lowest BCUT2D eigenvalue weighted by atomic mass is 10.1. The van der Waals surface area contributed by atoms with Gasteiger partial charge in [0.05, 0.1) is 34.2 Å². The van der Waals surface area contributed by atoms with E-state index in [0.29, 0.717) is 5.56 Å². The van der Waals surface area contributed by atoms with Crippen LogP contribution in [-0.2, 0) is 4.79 Å². The summed E-state index contributed by atoms with van der Waals surface area (Å²) in [7, 11) is 0. The lowest BCUT2D eigenvalue weighted by Crippen LogP contribution is -2.35. The molecule has 5 rings (SSSR count). The number of nitriles is 1. The van der Waals surface area contributed by atoms with E-state index >= 15 is 0 Å². The Hall–Kier alpha value is -4.04. The minimum Gasteiger partial charge on any atom is -0.382 e. The van der Waals surface area contributed by atoms with E-state index in [0.717, 1.165) is 57.8 Å². The fourth-order valence-corrected chi connectivity index (χ4v) is 5.15. The standard InChI is InChI=1S/C24H25N9OS/c1-14(2)28-20-9-21(22-5-4-18-8-16(10-25)11-27-33(18)22)26-12-19(20)23-30-31-24(35-23)32-7-6-17(13-32)29-15(3)34/h4-5,8-9,11-12,14,17H,6-7,13H2,1-3H3,(H,26,28)(H,29,34). The second kappa shape index (κ2) is 9.31. The van der Waals surface area contributed by atoms with E-state index < -0.39 is 0 Å². The van der Waals surface area contributed by atoms with Gasteiger partial charge in [-0.1, -0.05) is 11.3 Å². The van der Waals surface area contributed by atoms with Crippen molar-refractivity contribution in [2.45, 2.75) is 39.3 Å². The Balaban J connectivity index is 1.46. The zero-order valence-corrected chi connectivity index (χ0v) is 20.5. The first-order chi connectivity index (χ1) is 16.9. The predicted molar refractivity (Wildman–Crippen MR) is 135 cm³/mol. The molecule has 1 aliphatic rings. The average molecular weight is 488 g/mol. The first-order valence-electron chi connectivity index (χ1n) is 11.4. The normalized spacial score (nSPS) is 15.5. The highest BCUT2D eigenvalue weighted by Crippen LogP contribution is 2.36. The van der Waals surface area contributed by atoms with Gasteiger partial charge in [0.2, 0.25) is 11.0 Å². The number of rotatable bonds is 6. The molecule has 35 heavy (non-hydrogen) atoms. The largest absolute Gasteiger partial charge is 0.382 e. The number of nitrogens with zero attached hydrogens (tertiary/aromatic N) is 7. The summed E-state index contributed by atoms with van der Waals surface area (Å²) in [5.41, 5.74) is 4.73. The van der Waals surface area contributed by atoms with Gasteiger partial charge in [-0.25, -0.2) is 4.52 Å². The van der Waals surface area contributed by atoms with Crippen molar-refractivity contribution in [1.29, 1.82) is 5.26 Å². The van der Waals surface area contributed by atoms with E-state index in [1.807, 2.05) is 24.4 Å². The third-order valence-corrected chi connectivity index (χ3v) is 6.77. The fraction of sp³-hybridized carbons (Fsp3) is 0.333. The van der Waals surface area contributed by atoms with Crippen LogP contribution in [0.15, 0.2) is 36.7 Å². The first kappa shape index (κ1) is 22.7. The lowest BCUT2D eigenvalue weighted by Gasteiger charge is -2.15. The Labute approximate surface area is 206 Å². The molecule has 5 heterocycles. The summed E-state index contributed by atoms with van der Waals surface area (Å²) in [6.45, 7) is 7.26. The van der Waals surface area contributed by atoms with Gasteiger partial charge in [-0.05, 0) is 44.5 Å². The molecule has 0 radical (unpaired) electrons. The summed E-state index contributed by atoms with van der Waals surface area (Å²) in [6.07, 6.45) is 4.26. The average Bonchev–Trinajstić information content (AvgIpc) is 3.57. The summed E-state index contributed by atoms with van der Waals surface area (Å²) in [5.74, 6) is -0.0122. The zero-order valence-electron chi connectivity index (χ0n) is 19.7. The lowest BCUT2D eigenvalue weighted by molar-refractivity contribution is -0.119. The van der Waals surface area contributed by atoms with Gasteiger partial charge < -0.3 is 15.5 Å². The van der Waals surface area contributed by atoms with E-state index in [1.165, 1.54) is 11.3 Å². The molecular formula is C24H25N9OS. The Morgan fingerprint density at radius 3 is 2.89 bits per heavy atom. The number of amides is 1. The summed E-state index contributed by atoms with van der Waals surface area (Å²) in [6, 6.07) is 10.1. The first-order valence-corrected chi connectivity index (χ1v) is 12.2. The number of hydrogen-bond donors (Lipinski definition) is 2. The SMILES string of the molecule is CC(=O)NC1CCN(c2nnc(-c3cnc(-c4ccc5cc(C#N)cnn45)cc3NC(C)C)s2)C1. The number of hydrogen-bond acceptors (Lipinski definition) is 9. The van der Waals surface area contributed by atoms with Gasteiger partial charge >= 0.3 is 0 Å². The highest BCUT2D eigenvalue weighted by Gasteiger charge is 2.26. The molecule has 1 aliphatic heterocycles. The molecule has 1 saturated heterocycles. The number of aromatic nitrogens is 5. The van der Waals surface area contributed by atoms with Crippen molar-refractivity contribution in [2.24, 2.45) is 0 Å². The van der Waals surface area contributed by atoms with Crippen LogP contribution < -0.4 is 15.5 Å². The Morgan fingerprint density at radius 1 is 1.26 bits per heavy atom. The highest BCUT2D eigenvalue weighted by molar-refractivity contribution is 7.18. The van der Waals surface area contributed by atoms with Crippen LogP contribution in [0, 0.1) is 11.3 Å². The van der Waals surface area contributed by atoms with Crippen LogP contribution in [0.3, 0.4) is 0 Å². The van der Waals surface area contributed by atoms with Gasteiger partial charge in [0.1, 0.15) is 6.07 Å². The van der Waals surface area contributed by atoms with Crippen LogP contribution in [0.25, 0.3) is 27.5 Å². The molecule has 2 N–H and O–H groups in total. The van der Waals surface area contributed by atoms with Crippen molar-refractivity contribution >= 4 is 33.6 Å². The minimum absolute atomic E-state index is 0.0122. The molecule has 11 heteroatoms. The third kappa shape index (κ3) is 4.65.